The first-order chi connectivity index (χ1) is 13.7. The van der Waals surface area contributed by atoms with Crippen molar-refractivity contribution in [2.75, 3.05) is 27.8 Å². The predicted molar refractivity (Wildman–Crippen MR) is 114 cm³/mol. The second-order valence-electron chi connectivity index (χ2n) is 6.09. The van der Waals surface area contributed by atoms with Crippen LogP contribution >= 0.6 is 15.9 Å². The van der Waals surface area contributed by atoms with Gasteiger partial charge in [0.25, 0.3) is 5.91 Å². The average Bonchev–Trinajstić information content (AvgIpc) is 2.68. The first kappa shape index (κ1) is 22.9. The number of hydrogen-bond acceptors (Lipinski definition) is 6. The topological polar surface area (TPSA) is 97.3 Å². The standard InChI is InChI=1S/C19H22BrN3O5S/c1-13-5-7-17(28-4)18(9-13)29(25,26)23(2)12-19(24)22-21-11-14-10-15(20)6-8-16(14)27-3/h5-11H,12H2,1-4H3,(H,22,24)/b21-11-. The van der Waals surface area contributed by atoms with Crippen molar-refractivity contribution in [1.29, 1.82) is 0 Å². The molecule has 10 heteroatoms. The quantitative estimate of drug-likeness (QED) is 0.459. The van der Waals surface area contributed by atoms with E-state index in [1.54, 1.807) is 31.2 Å². The number of rotatable bonds is 8. The molecule has 8 nitrogen and oxygen atoms in total. The molecule has 0 radical (unpaired) electrons. The fourth-order valence-electron chi connectivity index (χ4n) is 2.46. The normalized spacial score (nSPS) is 11.7. The smallest absolute Gasteiger partial charge is 0.255 e. The number of aryl methyl sites for hydroxylation is 1. The molecule has 1 N–H and O–H groups in total. The second-order valence-corrected chi connectivity index (χ2v) is 9.02. The molecule has 0 aliphatic heterocycles. The summed E-state index contributed by atoms with van der Waals surface area (Å²) in [6.07, 6.45) is 1.42. The van der Waals surface area contributed by atoms with Crippen molar-refractivity contribution in [2.24, 2.45) is 5.10 Å². The number of likely N-dealkylation sites (N-methyl/N-ethyl adjacent to an activating group) is 1. The van der Waals surface area contributed by atoms with Crippen molar-refractivity contribution >= 4 is 38.1 Å². The molecule has 0 aliphatic carbocycles. The average molecular weight is 484 g/mol. The number of nitrogens with zero attached hydrogens (tertiary/aromatic N) is 2. The fraction of sp³-hybridized carbons (Fsp3) is 0.263. The lowest BCUT2D eigenvalue weighted by molar-refractivity contribution is -0.121. The van der Waals surface area contributed by atoms with Crippen LogP contribution in [0.5, 0.6) is 11.5 Å². The van der Waals surface area contributed by atoms with E-state index in [2.05, 4.69) is 26.5 Å². The number of benzene rings is 2. The molecule has 29 heavy (non-hydrogen) atoms. The molecule has 1 amide bonds. The molecule has 0 aliphatic rings. The first-order valence-corrected chi connectivity index (χ1v) is 10.7. The van der Waals surface area contributed by atoms with Crippen molar-refractivity contribution in [3.05, 3.63) is 52.0 Å². The highest BCUT2D eigenvalue weighted by molar-refractivity contribution is 9.10. The minimum Gasteiger partial charge on any atom is -0.496 e. The summed E-state index contributed by atoms with van der Waals surface area (Å²) in [6.45, 7) is 1.36. The summed E-state index contributed by atoms with van der Waals surface area (Å²) in [4.78, 5) is 12.2. The van der Waals surface area contributed by atoms with Gasteiger partial charge in [-0.15, -0.1) is 0 Å². The molecule has 0 heterocycles. The largest absolute Gasteiger partial charge is 0.496 e. The number of hydrogen-bond donors (Lipinski definition) is 1. The zero-order chi connectivity index (χ0) is 21.6. The Kier molecular flexibility index (Phi) is 7.77. The number of carbonyl (C=O) groups is 1. The lowest BCUT2D eigenvalue weighted by Crippen LogP contribution is -2.36. The third-order valence-corrected chi connectivity index (χ3v) is 6.28. The second kappa shape index (κ2) is 9.86. The number of sulfonamides is 1. The van der Waals surface area contributed by atoms with Gasteiger partial charge in [0.05, 0.1) is 27.0 Å². The van der Waals surface area contributed by atoms with Crippen LogP contribution in [0.1, 0.15) is 11.1 Å². The van der Waals surface area contributed by atoms with Crippen LogP contribution in [0.25, 0.3) is 0 Å². The molecular formula is C19H22BrN3O5S. The van der Waals surface area contributed by atoms with E-state index in [4.69, 9.17) is 9.47 Å². The first-order valence-electron chi connectivity index (χ1n) is 8.45. The molecule has 2 aromatic carbocycles. The van der Waals surface area contributed by atoms with E-state index in [9.17, 15) is 13.2 Å². The van der Waals surface area contributed by atoms with Gasteiger partial charge < -0.3 is 9.47 Å². The Hall–Kier alpha value is -2.43. The van der Waals surface area contributed by atoms with Crippen molar-refractivity contribution in [3.8, 4) is 11.5 Å². The van der Waals surface area contributed by atoms with E-state index in [0.29, 0.717) is 11.3 Å². The molecule has 0 fully saturated rings. The Morgan fingerprint density at radius 2 is 1.83 bits per heavy atom. The number of ether oxygens (including phenoxy) is 2. The zero-order valence-corrected chi connectivity index (χ0v) is 18.9. The number of halogens is 1. The van der Waals surface area contributed by atoms with E-state index in [-0.39, 0.29) is 10.6 Å². The highest BCUT2D eigenvalue weighted by atomic mass is 79.9. The summed E-state index contributed by atoms with van der Waals surface area (Å²) < 4.78 is 37.8. The monoisotopic (exact) mass is 483 g/mol. The van der Waals surface area contributed by atoms with Gasteiger partial charge in [0.15, 0.2) is 0 Å². The van der Waals surface area contributed by atoms with Crippen LogP contribution in [-0.4, -0.2) is 52.7 Å². The van der Waals surface area contributed by atoms with Crippen LogP contribution in [0.15, 0.2) is 50.9 Å². The van der Waals surface area contributed by atoms with Crippen LogP contribution in [0.2, 0.25) is 0 Å². The third kappa shape index (κ3) is 5.78. The molecule has 0 bridgehead atoms. The lowest BCUT2D eigenvalue weighted by atomic mass is 10.2. The van der Waals surface area contributed by atoms with E-state index >= 15 is 0 Å². The van der Waals surface area contributed by atoms with Crippen LogP contribution < -0.4 is 14.9 Å². The maximum absolute atomic E-state index is 12.8. The molecule has 0 saturated carbocycles. The van der Waals surface area contributed by atoms with Crippen molar-refractivity contribution in [1.82, 2.24) is 9.73 Å². The van der Waals surface area contributed by atoms with Gasteiger partial charge in [-0.25, -0.2) is 13.8 Å². The van der Waals surface area contributed by atoms with E-state index < -0.39 is 22.5 Å². The van der Waals surface area contributed by atoms with Crippen molar-refractivity contribution in [3.63, 3.8) is 0 Å². The summed E-state index contributed by atoms with van der Waals surface area (Å²) in [5.74, 6) is 0.202. The highest BCUT2D eigenvalue weighted by Gasteiger charge is 2.26. The van der Waals surface area contributed by atoms with Gasteiger partial charge in [0.2, 0.25) is 10.0 Å². The van der Waals surface area contributed by atoms with E-state index in [1.807, 2.05) is 6.07 Å². The van der Waals surface area contributed by atoms with Crippen LogP contribution in [0.4, 0.5) is 0 Å². The molecule has 0 aromatic heterocycles. The molecule has 0 spiro atoms. The molecular weight excluding hydrogens is 462 g/mol. The fourth-order valence-corrected chi connectivity index (χ4v) is 4.20. The van der Waals surface area contributed by atoms with Gasteiger partial charge in [-0.3, -0.25) is 4.79 Å². The minimum atomic E-state index is -3.92. The summed E-state index contributed by atoms with van der Waals surface area (Å²) in [6, 6.07) is 10.2. The van der Waals surface area contributed by atoms with Gasteiger partial charge in [-0.05, 0) is 42.8 Å². The van der Waals surface area contributed by atoms with Crippen molar-refractivity contribution < 1.29 is 22.7 Å². The van der Waals surface area contributed by atoms with E-state index in [1.165, 1.54) is 33.5 Å². The van der Waals surface area contributed by atoms with Crippen molar-refractivity contribution in [2.45, 2.75) is 11.8 Å². The maximum atomic E-state index is 12.8. The molecule has 0 unspecified atom stereocenters. The summed E-state index contributed by atoms with van der Waals surface area (Å²) in [7, 11) is 0.310. The van der Waals surface area contributed by atoms with Crippen LogP contribution in [0.3, 0.4) is 0 Å². The van der Waals surface area contributed by atoms with Crippen LogP contribution in [0, 0.1) is 6.92 Å². The van der Waals surface area contributed by atoms with Gasteiger partial charge in [0, 0.05) is 17.1 Å². The third-order valence-electron chi connectivity index (χ3n) is 3.96. The summed E-state index contributed by atoms with van der Waals surface area (Å²) >= 11 is 3.35. The molecule has 0 saturated heterocycles. The minimum absolute atomic E-state index is 0.00215. The van der Waals surface area contributed by atoms with Gasteiger partial charge >= 0.3 is 0 Å². The SMILES string of the molecule is COc1ccc(Br)cc1/C=N\NC(=O)CN(C)S(=O)(=O)c1cc(C)ccc1OC. The van der Waals surface area contributed by atoms with Crippen LogP contribution in [-0.2, 0) is 14.8 Å². The number of hydrazone groups is 1. The predicted octanol–water partition coefficient (Wildman–Crippen LogP) is 2.55. The molecule has 2 aromatic rings. The Morgan fingerprint density at radius 3 is 2.48 bits per heavy atom. The Morgan fingerprint density at radius 1 is 1.17 bits per heavy atom. The number of methoxy groups -OCH3 is 2. The number of carbonyl (C=O) groups excluding carboxylic acids is 1. The lowest BCUT2D eigenvalue weighted by Gasteiger charge is -2.18. The Labute approximate surface area is 178 Å². The van der Waals surface area contributed by atoms with Gasteiger partial charge in [-0.2, -0.15) is 9.41 Å². The summed E-state index contributed by atoms with van der Waals surface area (Å²) in [5, 5.41) is 3.88. The summed E-state index contributed by atoms with van der Waals surface area (Å²) in [5.41, 5.74) is 3.72. The number of nitrogens with one attached hydrogen (secondary N) is 1. The van der Waals surface area contributed by atoms with E-state index in [0.717, 1.165) is 14.3 Å². The molecule has 156 valence electrons. The Balaban J connectivity index is 2.09. The van der Waals surface area contributed by atoms with Gasteiger partial charge in [-0.1, -0.05) is 22.0 Å². The number of amides is 1. The molecule has 2 rings (SSSR count). The highest BCUT2D eigenvalue weighted by Crippen LogP contribution is 2.27. The zero-order valence-electron chi connectivity index (χ0n) is 16.5. The maximum Gasteiger partial charge on any atom is 0.255 e. The van der Waals surface area contributed by atoms with Gasteiger partial charge in [0.1, 0.15) is 16.4 Å². The Bertz CT molecular complexity index is 1020. The molecule has 0 atom stereocenters.